The maximum Gasteiger partial charge on any atom is 0.416 e. The molecule has 13 heteroatoms. The maximum atomic E-state index is 14.2. The second-order valence-electron chi connectivity index (χ2n) is 12.4. The van der Waals surface area contributed by atoms with Gasteiger partial charge in [-0.25, -0.2) is 0 Å². The van der Waals surface area contributed by atoms with E-state index in [1.54, 1.807) is 4.90 Å². The van der Waals surface area contributed by atoms with Crippen molar-refractivity contribution in [2.45, 2.75) is 70.3 Å². The maximum absolute atomic E-state index is 14.2. The monoisotopic (exact) mass is 625 g/mol. The second-order valence-corrected chi connectivity index (χ2v) is 12.4. The lowest BCUT2D eigenvalue weighted by atomic mass is 9.88. The Labute approximate surface area is 259 Å². The van der Waals surface area contributed by atoms with E-state index in [9.17, 15) is 27.6 Å². The smallest absolute Gasteiger partial charge is 0.350 e. The number of hydrogen-bond acceptors (Lipinski definition) is 6. The van der Waals surface area contributed by atoms with E-state index in [1.165, 1.54) is 12.1 Å². The minimum atomic E-state index is -4.42. The number of halogens is 3. The van der Waals surface area contributed by atoms with E-state index in [4.69, 9.17) is 0 Å². The fraction of sp³-hybridized carbons (Fsp3) is 0.531. The van der Waals surface area contributed by atoms with Crippen molar-refractivity contribution in [2.75, 3.05) is 26.2 Å². The third kappa shape index (κ3) is 6.68. The van der Waals surface area contributed by atoms with Crippen LogP contribution in [-0.2, 0) is 33.5 Å². The van der Waals surface area contributed by atoms with Crippen molar-refractivity contribution in [1.82, 2.24) is 35.0 Å². The summed E-state index contributed by atoms with van der Waals surface area (Å²) in [6.07, 6.45) is 1.48. The third-order valence-corrected chi connectivity index (χ3v) is 9.35. The number of piperidine rings is 1. The number of likely N-dealkylation sites (tertiary alicyclic amines) is 2. The Morgan fingerprint density at radius 3 is 2.49 bits per heavy atom. The SMILES string of the molecule is Cc1nnc2cc(CNC(=O)[C@@H]3C[C@@H](Cc4ccc(C(F)(F)F)cc4)CN3C(=O)[C@@H]3NCCC[C@@H]3C(=O)N3CCCC3)ccn12. The highest BCUT2D eigenvalue weighted by atomic mass is 19.4. The largest absolute Gasteiger partial charge is 0.416 e. The number of aryl methyl sites for hydroxylation is 1. The molecule has 4 atom stereocenters. The van der Waals surface area contributed by atoms with Crippen molar-refractivity contribution >= 4 is 23.4 Å². The molecule has 5 heterocycles. The van der Waals surface area contributed by atoms with E-state index < -0.39 is 29.7 Å². The van der Waals surface area contributed by atoms with Crippen LogP contribution in [0.15, 0.2) is 42.6 Å². The van der Waals surface area contributed by atoms with E-state index in [0.717, 1.165) is 42.8 Å². The number of rotatable bonds is 7. The van der Waals surface area contributed by atoms with Crippen LogP contribution in [0.4, 0.5) is 13.2 Å². The molecular formula is C32H38F3N7O3. The van der Waals surface area contributed by atoms with Crippen LogP contribution in [0.3, 0.4) is 0 Å². The van der Waals surface area contributed by atoms with Crippen LogP contribution in [0.1, 0.15) is 54.6 Å². The molecule has 3 saturated heterocycles. The molecule has 2 aromatic heterocycles. The van der Waals surface area contributed by atoms with Crippen molar-refractivity contribution in [3.05, 3.63) is 65.1 Å². The van der Waals surface area contributed by atoms with Crippen molar-refractivity contribution < 1.29 is 27.6 Å². The first-order valence-corrected chi connectivity index (χ1v) is 15.7. The van der Waals surface area contributed by atoms with E-state index in [1.807, 2.05) is 34.6 Å². The van der Waals surface area contributed by atoms with Gasteiger partial charge in [0.1, 0.15) is 11.9 Å². The van der Waals surface area contributed by atoms with Crippen LogP contribution >= 0.6 is 0 Å². The first kappa shape index (κ1) is 31.0. The molecule has 0 spiro atoms. The summed E-state index contributed by atoms with van der Waals surface area (Å²) in [7, 11) is 0. The molecule has 10 nitrogen and oxygen atoms in total. The Kier molecular flexibility index (Phi) is 8.80. The van der Waals surface area contributed by atoms with Gasteiger partial charge in [-0.2, -0.15) is 13.2 Å². The summed E-state index contributed by atoms with van der Waals surface area (Å²) in [5.41, 5.74) is 1.47. The van der Waals surface area contributed by atoms with Gasteiger partial charge in [-0.05, 0) is 93.3 Å². The standard InChI is InChI=1S/C32H38F3N7O3/c1-20-38-39-27-17-22(10-14-41(20)27)18-37-29(43)26-16-23(15-21-6-8-24(9-7-21)32(33,34)35)19-42(26)31(45)28-25(5-4-11-36-28)30(44)40-12-2-3-13-40/h6-10,14,17,23,25-26,28,36H,2-5,11-13,15-16,18-19H2,1H3,(H,37,43)/t23-,25+,26+,28-/m1/s1. The molecule has 0 saturated carbocycles. The summed E-state index contributed by atoms with van der Waals surface area (Å²) in [5.74, 6) is -0.499. The van der Waals surface area contributed by atoms with E-state index >= 15 is 0 Å². The number of amides is 3. The van der Waals surface area contributed by atoms with Crippen molar-refractivity contribution in [1.29, 1.82) is 0 Å². The summed E-state index contributed by atoms with van der Waals surface area (Å²) in [6.45, 7) is 4.33. The van der Waals surface area contributed by atoms with Crippen LogP contribution in [0, 0.1) is 18.8 Å². The fourth-order valence-corrected chi connectivity index (χ4v) is 6.96. The number of aromatic nitrogens is 3. The Bertz CT molecular complexity index is 1550. The van der Waals surface area contributed by atoms with Crippen molar-refractivity contribution in [3.8, 4) is 0 Å². The molecule has 1 aromatic carbocycles. The van der Waals surface area contributed by atoms with Gasteiger partial charge in [-0.15, -0.1) is 10.2 Å². The molecular weight excluding hydrogens is 587 g/mol. The van der Waals surface area contributed by atoms with E-state index in [2.05, 4.69) is 20.8 Å². The molecule has 0 aliphatic carbocycles. The molecule has 0 radical (unpaired) electrons. The third-order valence-electron chi connectivity index (χ3n) is 9.35. The molecule has 0 unspecified atom stereocenters. The minimum Gasteiger partial charge on any atom is -0.350 e. The Morgan fingerprint density at radius 1 is 1.00 bits per heavy atom. The predicted molar refractivity (Wildman–Crippen MR) is 159 cm³/mol. The van der Waals surface area contributed by atoms with Gasteiger partial charge in [0.05, 0.1) is 17.5 Å². The van der Waals surface area contributed by atoms with Gasteiger partial charge in [0.15, 0.2) is 5.65 Å². The van der Waals surface area contributed by atoms with Gasteiger partial charge in [0, 0.05) is 32.4 Å². The van der Waals surface area contributed by atoms with Crippen LogP contribution in [-0.4, -0.2) is 80.4 Å². The highest BCUT2D eigenvalue weighted by Gasteiger charge is 2.46. The quantitative estimate of drug-likeness (QED) is 0.418. The van der Waals surface area contributed by atoms with Crippen LogP contribution in [0.25, 0.3) is 5.65 Å². The molecule has 6 rings (SSSR count). The lowest BCUT2D eigenvalue weighted by Crippen LogP contribution is -2.59. The molecule has 45 heavy (non-hydrogen) atoms. The Hall–Kier alpha value is -4.00. The van der Waals surface area contributed by atoms with Crippen LogP contribution in [0.5, 0.6) is 0 Å². The number of alkyl halides is 3. The zero-order chi connectivity index (χ0) is 31.7. The Balaban J connectivity index is 1.20. The lowest BCUT2D eigenvalue weighted by Gasteiger charge is -2.36. The number of pyridine rings is 1. The predicted octanol–water partition coefficient (Wildman–Crippen LogP) is 3.12. The lowest BCUT2D eigenvalue weighted by molar-refractivity contribution is -0.146. The molecule has 3 aromatic rings. The fourth-order valence-electron chi connectivity index (χ4n) is 6.96. The summed E-state index contributed by atoms with van der Waals surface area (Å²) in [6, 6.07) is 7.24. The average Bonchev–Trinajstić information content (AvgIpc) is 3.80. The van der Waals surface area contributed by atoms with Crippen molar-refractivity contribution in [2.24, 2.45) is 11.8 Å². The van der Waals surface area contributed by atoms with E-state index in [0.29, 0.717) is 50.1 Å². The highest BCUT2D eigenvalue weighted by Crippen LogP contribution is 2.33. The van der Waals surface area contributed by atoms with Gasteiger partial charge in [0.25, 0.3) is 0 Å². The van der Waals surface area contributed by atoms with Gasteiger partial charge >= 0.3 is 6.18 Å². The first-order chi connectivity index (χ1) is 21.6. The summed E-state index contributed by atoms with van der Waals surface area (Å²) in [4.78, 5) is 44.8. The highest BCUT2D eigenvalue weighted by molar-refractivity contribution is 5.94. The first-order valence-electron chi connectivity index (χ1n) is 15.7. The molecule has 2 N–H and O–H groups in total. The number of carbonyl (C=O) groups is 3. The van der Waals surface area contributed by atoms with Crippen LogP contribution in [0.2, 0.25) is 0 Å². The summed E-state index contributed by atoms with van der Waals surface area (Å²) >= 11 is 0. The molecule has 3 fully saturated rings. The number of benzene rings is 1. The van der Waals surface area contributed by atoms with Gasteiger partial charge in [-0.3, -0.25) is 18.8 Å². The topological polar surface area (TPSA) is 112 Å². The minimum absolute atomic E-state index is 0.0151. The number of hydrogen-bond donors (Lipinski definition) is 2. The molecule has 3 amide bonds. The second kappa shape index (κ2) is 12.8. The molecule has 240 valence electrons. The zero-order valence-corrected chi connectivity index (χ0v) is 25.2. The molecule has 0 bridgehead atoms. The number of carbonyl (C=O) groups excluding carboxylic acids is 3. The number of nitrogens with zero attached hydrogens (tertiary/aromatic N) is 5. The molecule has 3 aliphatic rings. The van der Waals surface area contributed by atoms with Gasteiger partial charge in [-0.1, -0.05) is 12.1 Å². The summed E-state index contributed by atoms with van der Waals surface area (Å²) in [5, 5.41) is 14.5. The zero-order valence-electron chi connectivity index (χ0n) is 25.2. The van der Waals surface area contributed by atoms with E-state index in [-0.39, 0.29) is 36.7 Å². The average molecular weight is 626 g/mol. The molecule has 3 aliphatic heterocycles. The summed E-state index contributed by atoms with van der Waals surface area (Å²) < 4.78 is 41.2. The van der Waals surface area contributed by atoms with Gasteiger partial charge in [0.2, 0.25) is 17.7 Å². The number of nitrogens with one attached hydrogen (secondary N) is 2. The van der Waals surface area contributed by atoms with Crippen molar-refractivity contribution in [3.63, 3.8) is 0 Å². The number of fused-ring (bicyclic) bond motifs is 1. The van der Waals surface area contributed by atoms with Gasteiger partial charge < -0.3 is 20.4 Å². The normalized spacial score (nSPS) is 23.9. The Morgan fingerprint density at radius 2 is 1.76 bits per heavy atom. The van der Waals surface area contributed by atoms with Crippen LogP contribution < -0.4 is 10.6 Å².